The molecule has 0 bridgehead atoms. The molecule has 1 aromatic carbocycles. The second-order valence-electron chi connectivity index (χ2n) is 9.84. The van der Waals surface area contributed by atoms with Crippen LogP contribution in [0.15, 0.2) is 42.7 Å². The Kier molecular flexibility index (Phi) is 5.66. The summed E-state index contributed by atoms with van der Waals surface area (Å²) in [4.78, 5) is 23.5. The van der Waals surface area contributed by atoms with E-state index in [1.54, 1.807) is 4.52 Å². The van der Waals surface area contributed by atoms with Crippen LogP contribution in [-0.4, -0.2) is 33.0 Å². The third kappa shape index (κ3) is 4.18. The molecule has 3 aromatic rings. The molecule has 2 amide bonds. The third-order valence-electron chi connectivity index (χ3n) is 7.32. The van der Waals surface area contributed by atoms with E-state index in [-0.39, 0.29) is 22.9 Å². The number of nitrogens with zero attached hydrogens (tertiary/aromatic N) is 2. The molecular weight excluding hydrogens is 416 g/mol. The van der Waals surface area contributed by atoms with E-state index < -0.39 is 5.91 Å². The lowest BCUT2D eigenvalue weighted by Crippen LogP contribution is -2.51. The lowest BCUT2D eigenvalue weighted by atomic mass is 9.75. The van der Waals surface area contributed by atoms with Gasteiger partial charge in [0, 0.05) is 42.2 Å². The first kappa shape index (κ1) is 22.8. The second kappa shape index (κ2) is 8.19. The van der Waals surface area contributed by atoms with E-state index in [1.807, 2.05) is 36.5 Å². The fourth-order valence-corrected chi connectivity index (χ4v) is 4.59. The molecule has 174 valence electrons. The van der Waals surface area contributed by atoms with Gasteiger partial charge in [-0.3, -0.25) is 9.59 Å². The number of primary amides is 1. The van der Waals surface area contributed by atoms with Crippen molar-refractivity contribution in [2.45, 2.75) is 58.7 Å². The van der Waals surface area contributed by atoms with Crippen molar-refractivity contribution in [3.8, 4) is 11.1 Å². The molecule has 0 aliphatic heterocycles. The highest BCUT2D eigenvalue weighted by atomic mass is 16.1. The maximum Gasteiger partial charge on any atom is 0.252 e. The number of fused-ring (bicyclic) bond motifs is 1. The number of anilines is 1. The molecule has 2 atom stereocenters. The molecule has 33 heavy (non-hydrogen) atoms. The van der Waals surface area contributed by atoms with Crippen molar-refractivity contribution in [3.63, 3.8) is 0 Å². The normalized spacial score (nSPS) is 21.8. The first-order valence-electron chi connectivity index (χ1n) is 11.2. The van der Waals surface area contributed by atoms with Gasteiger partial charge in [0.25, 0.3) is 5.91 Å². The second-order valence-corrected chi connectivity index (χ2v) is 9.84. The van der Waals surface area contributed by atoms with Crippen LogP contribution in [-0.2, 0) is 11.3 Å². The number of aromatic nitrogens is 2. The number of nitrogens with one attached hydrogen (secondary N) is 2. The van der Waals surface area contributed by atoms with Gasteiger partial charge in [-0.1, -0.05) is 32.0 Å². The Bertz CT molecular complexity index is 1230. The van der Waals surface area contributed by atoms with Crippen LogP contribution in [0.25, 0.3) is 16.6 Å². The smallest absolute Gasteiger partial charge is 0.252 e. The van der Waals surface area contributed by atoms with E-state index in [0.29, 0.717) is 17.8 Å². The van der Waals surface area contributed by atoms with Gasteiger partial charge in [0.05, 0.1) is 23.0 Å². The highest BCUT2D eigenvalue weighted by Gasteiger charge is 2.49. The SMILES string of the molecule is CC(=O)NCc1cccc(-c2cc3c(N[C@@H]4CC[C@](C)(N)C4(C)C)c(C(N)=O)cnn3c2)c1. The largest absolute Gasteiger partial charge is 0.379 e. The van der Waals surface area contributed by atoms with Crippen LogP contribution < -0.4 is 22.1 Å². The number of nitrogens with two attached hydrogens (primary N) is 2. The minimum absolute atomic E-state index is 0.0719. The monoisotopic (exact) mass is 448 g/mol. The van der Waals surface area contributed by atoms with Crippen molar-refractivity contribution >= 4 is 23.0 Å². The summed E-state index contributed by atoms with van der Waals surface area (Å²) in [6.07, 6.45) is 5.22. The van der Waals surface area contributed by atoms with Crippen LogP contribution in [0.1, 0.15) is 56.5 Å². The molecule has 1 aliphatic rings. The number of amides is 2. The quantitative estimate of drug-likeness (QED) is 0.461. The number of hydrogen-bond donors (Lipinski definition) is 4. The predicted octanol–water partition coefficient (Wildman–Crippen LogP) is 3.05. The zero-order valence-electron chi connectivity index (χ0n) is 19.6. The van der Waals surface area contributed by atoms with E-state index in [4.69, 9.17) is 11.5 Å². The lowest BCUT2D eigenvalue weighted by molar-refractivity contribution is -0.119. The molecule has 8 heteroatoms. The van der Waals surface area contributed by atoms with Crippen molar-refractivity contribution < 1.29 is 9.59 Å². The molecular formula is C25H32N6O2. The minimum atomic E-state index is -0.529. The van der Waals surface area contributed by atoms with Crippen molar-refractivity contribution in [3.05, 3.63) is 53.9 Å². The van der Waals surface area contributed by atoms with Gasteiger partial charge in [-0.25, -0.2) is 4.52 Å². The topological polar surface area (TPSA) is 128 Å². The number of carbonyl (C=O) groups is 2. The maximum atomic E-state index is 12.3. The fraction of sp³-hybridized carbons (Fsp3) is 0.400. The summed E-state index contributed by atoms with van der Waals surface area (Å²) in [7, 11) is 0. The molecule has 0 spiro atoms. The summed E-state index contributed by atoms with van der Waals surface area (Å²) < 4.78 is 1.76. The van der Waals surface area contributed by atoms with Crippen molar-refractivity contribution in [1.82, 2.24) is 14.9 Å². The number of rotatable bonds is 6. The van der Waals surface area contributed by atoms with Crippen molar-refractivity contribution in [2.75, 3.05) is 5.32 Å². The molecule has 8 nitrogen and oxygen atoms in total. The average molecular weight is 449 g/mol. The molecule has 6 N–H and O–H groups in total. The van der Waals surface area contributed by atoms with Gasteiger partial charge in [0.2, 0.25) is 5.91 Å². The summed E-state index contributed by atoms with van der Waals surface area (Å²) in [6, 6.07) is 10.1. The van der Waals surface area contributed by atoms with Crippen LogP contribution in [0.4, 0.5) is 5.69 Å². The van der Waals surface area contributed by atoms with Crippen molar-refractivity contribution in [1.29, 1.82) is 0 Å². The Morgan fingerprint density at radius 1 is 1.21 bits per heavy atom. The van der Waals surface area contributed by atoms with Gasteiger partial charge < -0.3 is 22.1 Å². The molecule has 1 aliphatic carbocycles. The molecule has 4 rings (SSSR count). The van der Waals surface area contributed by atoms with Gasteiger partial charge in [-0.05, 0) is 43.0 Å². The molecule has 0 radical (unpaired) electrons. The first-order chi connectivity index (χ1) is 15.5. The summed E-state index contributed by atoms with van der Waals surface area (Å²) >= 11 is 0. The Balaban J connectivity index is 1.75. The number of benzene rings is 1. The zero-order chi connectivity index (χ0) is 24.0. The molecule has 2 heterocycles. The highest BCUT2D eigenvalue weighted by Crippen LogP contribution is 2.46. The van der Waals surface area contributed by atoms with E-state index in [1.165, 1.54) is 13.1 Å². The van der Waals surface area contributed by atoms with Crippen LogP contribution in [0.2, 0.25) is 0 Å². The Morgan fingerprint density at radius 3 is 2.61 bits per heavy atom. The molecule has 0 saturated heterocycles. The van der Waals surface area contributed by atoms with Crippen LogP contribution in [0.3, 0.4) is 0 Å². The van der Waals surface area contributed by atoms with Gasteiger partial charge in [-0.15, -0.1) is 0 Å². The van der Waals surface area contributed by atoms with E-state index in [9.17, 15) is 9.59 Å². The van der Waals surface area contributed by atoms with Crippen LogP contribution >= 0.6 is 0 Å². The summed E-state index contributed by atoms with van der Waals surface area (Å²) in [5, 5.41) is 10.8. The first-order valence-corrected chi connectivity index (χ1v) is 11.2. The van der Waals surface area contributed by atoms with Crippen LogP contribution in [0, 0.1) is 5.41 Å². The van der Waals surface area contributed by atoms with Crippen molar-refractivity contribution in [2.24, 2.45) is 16.9 Å². The fourth-order valence-electron chi connectivity index (χ4n) is 4.59. The van der Waals surface area contributed by atoms with E-state index in [2.05, 4.69) is 36.5 Å². The molecule has 1 fully saturated rings. The number of hydrogen-bond acceptors (Lipinski definition) is 5. The van der Waals surface area contributed by atoms with Crippen LogP contribution in [0.5, 0.6) is 0 Å². The Hall–Kier alpha value is -3.39. The summed E-state index contributed by atoms with van der Waals surface area (Å²) in [6.45, 7) is 8.35. The van der Waals surface area contributed by atoms with Gasteiger partial charge in [0.15, 0.2) is 0 Å². The maximum absolute atomic E-state index is 12.3. The predicted molar refractivity (Wildman–Crippen MR) is 130 cm³/mol. The van der Waals surface area contributed by atoms with E-state index in [0.717, 1.165) is 35.0 Å². The summed E-state index contributed by atoms with van der Waals surface area (Å²) in [5.74, 6) is -0.601. The van der Waals surface area contributed by atoms with Gasteiger partial charge >= 0.3 is 0 Å². The van der Waals surface area contributed by atoms with Gasteiger partial charge in [-0.2, -0.15) is 5.10 Å². The standard InChI is InChI=1S/C25H32N6O2/c1-15(32)28-12-16-6-5-7-17(10-16)18-11-20-22(19(23(26)33)13-29-31(20)14-18)30-21-8-9-25(4,27)24(21,2)3/h5-7,10-11,13-14,21,30H,8-9,12,27H2,1-4H3,(H2,26,33)(H,28,32)/t21-,25+/m1/s1. The molecule has 0 unspecified atom stereocenters. The average Bonchev–Trinajstić information content (AvgIpc) is 3.27. The Morgan fingerprint density at radius 2 is 1.97 bits per heavy atom. The summed E-state index contributed by atoms with van der Waals surface area (Å²) in [5.41, 5.74) is 16.5. The Labute approximate surface area is 193 Å². The number of carbonyl (C=O) groups excluding carboxylic acids is 2. The van der Waals surface area contributed by atoms with Gasteiger partial charge in [0.1, 0.15) is 0 Å². The minimum Gasteiger partial charge on any atom is -0.379 e. The zero-order valence-corrected chi connectivity index (χ0v) is 19.6. The molecule has 1 saturated carbocycles. The highest BCUT2D eigenvalue weighted by molar-refractivity contribution is 6.02. The molecule has 2 aromatic heterocycles. The lowest BCUT2D eigenvalue weighted by Gasteiger charge is -2.39. The van der Waals surface area contributed by atoms with E-state index >= 15 is 0 Å². The third-order valence-corrected chi connectivity index (χ3v) is 7.32.